The van der Waals surface area contributed by atoms with Gasteiger partial charge in [0.05, 0.1) is 0 Å². The second-order valence-electron chi connectivity index (χ2n) is 2.91. The molecule has 1 aromatic heterocycles. The Kier molecular flexibility index (Phi) is 8.76. The molecule has 0 spiro atoms. The van der Waals surface area contributed by atoms with Gasteiger partial charge in [0, 0.05) is 17.1 Å². The molecule has 2 rings (SSSR count). The molecule has 0 saturated heterocycles. The molecule has 1 N–H and O–H groups in total. The van der Waals surface area contributed by atoms with Crippen LogP contribution in [0.3, 0.4) is 0 Å². The number of hydrogen-bond acceptors (Lipinski definition) is 4. The first-order valence-electron chi connectivity index (χ1n) is 5.16. The van der Waals surface area contributed by atoms with Crippen molar-refractivity contribution in [2.24, 2.45) is 0 Å². The predicted octanol–water partition coefficient (Wildman–Crippen LogP) is 4.01. The summed E-state index contributed by atoms with van der Waals surface area (Å²) in [4.78, 5) is 2.66. The lowest BCUT2D eigenvalue weighted by atomic mass is 10.3. The van der Waals surface area contributed by atoms with E-state index < -0.39 is 0 Å². The van der Waals surface area contributed by atoms with E-state index in [1.54, 1.807) is 18.1 Å². The molecule has 2 nitrogen and oxygen atoms in total. The van der Waals surface area contributed by atoms with Crippen molar-refractivity contribution in [3.63, 3.8) is 0 Å². The van der Waals surface area contributed by atoms with Gasteiger partial charge in [0.15, 0.2) is 0 Å². The first-order valence-corrected chi connectivity index (χ1v) is 6.75. The van der Waals surface area contributed by atoms with E-state index in [9.17, 15) is 0 Å². The summed E-state index contributed by atoms with van der Waals surface area (Å²) >= 11 is 3.24. The molecule has 0 amide bonds. The van der Waals surface area contributed by atoms with Gasteiger partial charge >= 0.3 is 0 Å². The fourth-order valence-corrected chi connectivity index (χ4v) is 2.01. The van der Waals surface area contributed by atoms with Crippen LogP contribution < -0.4 is 4.72 Å². The van der Waals surface area contributed by atoms with E-state index in [2.05, 4.69) is 29.0 Å². The van der Waals surface area contributed by atoms with Gasteiger partial charge in [-0.1, -0.05) is 19.9 Å². The van der Waals surface area contributed by atoms with Crippen molar-refractivity contribution < 1.29 is 0 Å². The highest BCUT2D eigenvalue weighted by atomic mass is 32.2. The minimum atomic E-state index is 0.574. The van der Waals surface area contributed by atoms with Crippen molar-refractivity contribution in [3.05, 3.63) is 28.1 Å². The lowest BCUT2D eigenvalue weighted by Crippen LogP contribution is -2.09. The molecule has 1 atom stereocenters. The Morgan fingerprint density at radius 3 is 2.13 bits per heavy atom. The molecule has 0 saturated carbocycles. The Morgan fingerprint density at radius 2 is 2.00 bits per heavy atom. The van der Waals surface area contributed by atoms with Crippen LogP contribution in [-0.4, -0.2) is 10.4 Å². The standard InChI is InChI=1S/C5H9NS.C4H5NS.C2H6/c1-4-3-5(2)7-6-4;1-4-2-3-5-6-4;1-2/h3-4,6H,1-2H3;2-3H,1H3;1-2H3. The molecule has 1 unspecified atom stereocenters. The zero-order chi connectivity index (χ0) is 11.7. The summed E-state index contributed by atoms with van der Waals surface area (Å²) in [5.41, 5.74) is 0. The van der Waals surface area contributed by atoms with Crippen LogP contribution in [0.5, 0.6) is 0 Å². The molecule has 0 aliphatic carbocycles. The normalized spacial score (nSPS) is 18.2. The second-order valence-corrected chi connectivity index (χ2v) is 5.03. The molecule has 4 heteroatoms. The van der Waals surface area contributed by atoms with Crippen LogP contribution in [-0.2, 0) is 0 Å². The van der Waals surface area contributed by atoms with Crippen LogP contribution in [0.25, 0.3) is 0 Å². The van der Waals surface area contributed by atoms with Crippen LogP contribution >= 0.6 is 23.5 Å². The first kappa shape index (κ1) is 14.7. The molecule has 15 heavy (non-hydrogen) atoms. The average Bonchev–Trinajstić information content (AvgIpc) is 2.82. The number of rotatable bonds is 0. The Hall–Kier alpha value is -0.320. The number of nitrogens with zero attached hydrogens (tertiary/aromatic N) is 1. The van der Waals surface area contributed by atoms with Crippen molar-refractivity contribution in [2.45, 2.75) is 40.7 Å². The molecule has 1 aliphatic rings. The van der Waals surface area contributed by atoms with E-state index in [1.165, 1.54) is 21.3 Å². The van der Waals surface area contributed by atoms with Crippen LogP contribution in [0.2, 0.25) is 0 Å². The predicted molar refractivity (Wildman–Crippen MR) is 72.1 cm³/mol. The van der Waals surface area contributed by atoms with Crippen molar-refractivity contribution >= 4 is 23.5 Å². The maximum atomic E-state index is 3.86. The molecular formula is C11H20N2S2. The molecule has 1 aromatic rings. The van der Waals surface area contributed by atoms with Crippen molar-refractivity contribution in [3.8, 4) is 0 Å². The maximum Gasteiger partial charge on any atom is 0.0409 e. The highest BCUT2D eigenvalue weighted by Gasteiger charge is 2.04. The summed E-state index contributed by atoms with van der Waals surface area (Å²) in [5, 5.41) is 0. The third kappa shape index (κ3) is 7.59. The third-order valence-corrected chi connectivity index (χ3v) is 3.06. The van der Waals surface area contributed by atoms with Gasteiger partial charge in [-0.3, -0.25) is 4.72 Å². The first-order chi connectivity index (χ1) is 7.18. The minimum absolute atomic E-state index is 0.574. The Bertz CT molecular complexity index is 268. The van der Waals surface area contributed by atoms with Crippen molar-refractivity contribution in [2.75, 3.05) is 0 Å². The molecule has 0 aromatic carbocycles. The molecule has 0 bridgehead atoms. The molecule has 0 fully saturated rings. The molecule has 1 aliphatic heterocycles. The van der Waals surface area contributed by atoms with Gasteiger partial charge in [-0.2, -0.15) is 0 Å². The molecule has 0 radical (unpaired) electrons. The highest BCUT2D eigenvalue weighted by molar-refractivity contribution is 8.01. The number of nitrogens with one attached hydrogen (secondary N) is 1. The van der Waals surface area contributed by atoms with Gasteiger partial charge in [-0.15, -0.1) is 0 Å². The van der Waals surface area contributed by atoms with E-state index >= 15 is 0 Å². The summed E-state index contributed by atoms with van der Waals surface area (Å²) in [7, 11) is 0. The number of allylic oxidation sites excluding steroid dienone is 1. The average molecular weight is 244 g/mol. The Balaban J connectivity index is 0.000000227. The van der Waals surface area contributed by atoms with E-state index in [0.717, 1.165) is 0 Å². The quantitative estimate of drug-likeness (QED) is 0.698. The van der Waals surface area contributed by atoms with Crippen LogP contribution in [0.4, 0.5) is 0 Å². The van der Waals surface area contributed by atoms with Crippen molar-refractivity contribution in [1.82, 2.24) is 9.10 Å². The second kappa shape index (κ2) is 8.95. The van der Waals surface area contributed by atoms with Gasteiger partial charge in [0.1, 0.15) is 0 Å². The molecule has 2 heterocycles. The van der Waals surface area contributed by atoms with Crippen LogP contribution in [0, 0.1) is 6.92 Å². The largest absolute Gasteiger partial charge is 0.254 e. The summed E-state index contributed by atoms with van der Waals surface area (Å²) < 4.78 is 7.06. The summed E-state index contributed by atoms with van der Waals surface area (Å²) in [5.74, 6) is 0. The fraction of sp³-hybridized carbons (Fsp3) is 0.545. The molecule has 86 valence electrons. The monoisotopic (exact) mass is 244 g/mol. The van der Waals surface area contributed by atoms with Crippen molar-refractivity contribution in [1.29, 1.82) is 0 Å². The number of aromatic nitrogens is 1. The fourth-order valence-electron chi connectivity index (χ4n) is 0.885. The summed E-state index contributed by atoms with van der Waals surface area (Å²) in [6.45, 7) is 10.3. The smallest absolute Gasteiger partial charge is 0.0409 e. The lowest BCUT2D eigenvalue weighted by molar-refractivity contribution is 0.868. The van der Waals surface area contributed by atoms with Gasteiger partial charge in [0.2, 0.25) is 0 Å². The van der Waals surface area contributed by atoms with Crippen LogP contribution in [0.15, 0.2) is 23.2 Å². The van der Waals surface area contributed by atoms with Gasteiger partial charge < -0.3 is 0 Å². The topological polar surface area (TPSA) is 24.9 Å². The highest BCUT2D eigenvalue weighted by Crippen LogP contribution is 2.18. The van der Waals surface area contributed by atoms with E-state index in [4.69, 9.17) is 0 Å². The lowest BCUT2D eigenvalue weighted by Gasteiger charge is -1.93. The van der Waals surface area contributed by atoms with E-state index in [1.807, 2.05) is 26.8 Å². The Morgan fingerprint density at radius 1 is 1.33 bits per heavy atom. The molecular weight excluding hydrogens is 224 g/mol. The van der Waals surface area contributed by atoms with E-state index in [-0.39, 0.29) is 0 Å². The van der Waals surface area contributed by atoms with Gasteiger partial charge in [-0.25, -0.2) is 4.37 Å². The zero-order valence-electron chi connectivity index (χ0n) is 10.1. The van der Waals surface area contributed by atoms with Gasteiger partial charge in [-0.05, 0) is 55.2 Å². The van der Waals surface area contributed by atoms with Gasteiger partial charge in [0.25, 0.3) is 0 Å². The number of hydrogen-bond donors (Lipinski definition) is 1. The minimum Gasteiger partial charge on any atom is -0.254 e. The third-order valence-electron chi connectivity index (χ3n) is 1.46. The Labute approximate surface area is 101 Å². The summed E-state index contributed by atoms with van der Waals surface area (Å²) in [6, 6.07) is 2.56. The van der Waals surface area contributed by atoms with Crippen LogP contribution in [0.1, 0.15) is 32.6 Å². The zero-order valence-corrected chi connectivity index (χ0v) is 11.7. The van der Waals surface area contributed by atoms with E-state index in [0.29, 0.717) is 6.04 Å². The summed E-state index contributed by atoms with van der Waals surface area (Å²) in [6.07, 6.45) is 4.02. The number of aryl methyl sites for hydroxylation is 1. The SMILES string of the molecule is CC.CC1=CC(C)NS1.Cc1ccns1. The maximum absolute atomic E-state index is 3.86.